The van der Waals surface area contributed by atoms with Gasteiger partial charge in [-0.15, -0.1) is 0 Å². The van der Waals surface area contributed by atoms with Crippen molar-refractivity contribution in [2.24, 2.45) is 0 Å². The summed E-state index contributed by atoms with van der Waals surface area (Å²) < 4.78 is 15.3. The van der Waals surface area contributed by atoms with Crippen LogP contribution in [0.4, 0.5) is 0 Å². The molecule has 0 radical (unpaired) electrons. The standard InChI is InChI=1S/C20H20O5/c1-23-15-7-3-13(4-8-15)11-17-18(20(22)25-19(17)21)12-14-5-9-16(24-2)10-6-14/h3-10,19,21H,11-12H2,1-2H3. The first-order valence-electron chi connectivity index (χ1n) is 7.97. The minimum atomic E-state index is -1.19. The summed E-state index contributed by atoms with van der Waals surface area (Å²) in [5, 5.41) is 10.1. The average molecular weight is 340 g/mol. The van der Waals surface area contributed by atoms with Crippen LogP contribution in [0.15, 0.2) is 59.7 Å². The fourth-order valence-corrected chi connectivity index (χ4v) is 2.81. The number of esters is 1. The Morgan fingerprint density at radius 1 is 0.880 bits per heavy atom. The number of carbonyl (C=O) groups excluding carboxylic acids is 1. The first kappa shape index (κ1) is 17.0. The normalized spacial score (nSPS) is 16.8. The number of cyclic esters (lactones) is 1. The molecule has 0 aliphatic carbocycles. The van der Waals surface area contributed by atoms with Crippen molar-refractivity contribution in [1.29, 1.82) is 0 Å². The second-order valence-electron chi connectivity index (χ2n) is 5.81. The maximum absolute atomic E-state index is 12.1. The summed E-state index contributed by atoms with van der Waals surface area (Å²) in [7, 11) is 3.22. The minimum absolute atomic E-state index is 0.408. The van der Waals surface area contributed by atoms with Crippen LogP contribution in [0.3, 0.4) is 0 Å². The molecule has 1 N–H and O–H groups in total. The van der Waals surface area contributed by atoms with Crippen molar-refractivity contribution in [2.45, 2.75) is 19.1 Å². The van der Waals surface area contributed by atoms with Gasteiger partial charge in [-0.2, -0.15) is 0 Å². The molecule has 0 bridgehead atoms. The molecule has 1 atom stereocenters. The maximum Gasteiger partial charge on any atom is 0.337 e. The molecule has 1 unspecified atom stereocenters. The quantitative estimate of drug-likeness (QED) is 0.819. The van der Waals surface area contributed by atoms with Gasteiger partial charge < -0.3 is 19.3 Å². The third-order valence-corrected chi connectivity index (χ3v) is 4.24. The lowest BCUT2D eigenvalue weighted by Gasteiger charge is -2.09. The third kappa shape index (κ3) is 3.83. The fraction of sp³-hybridized carbons (Fsp3) is 0.250. The van der Waals surface area contributed by atoms with Crippen molar-refractivity contribution < 1.29 is 24.1 Å². The van der Waals surface area contributed by atoms with Gasteiger partial charge in [0.15, 0.2) is 0 Å². The largest absolute Gasteiger partial charge is 0.497 e. The van der Waals surface area contributed by atoms with Gasteiger partial charge in [-0.25, -0.2) is 4.79 Å². The topological polar surface area (TPSA) is 65.0 Å². The van der Waals surface area contributed by atoms with Gasteiger partial charge in [0.05, 0.1) is 14.2 Å². The zero-order valence-electron chi connectivity index (χ0n) is 14.2. The molecule has 25 heavy (non-hydrogen) atoms. The van der Waals surface area contributed by atoms with E-state index in [2.05, 4.69) is 0 Å². The molecule has 5 heteroatoms. The van der Waals surface area contributed by atoms with E-state index in [4.69, 9.17) is 14.2 Å². The van der Waals surface area contributed by atoms with Crippen LogP contribution in [0.1, 0.15) is 11.1 Å². The van der Waals surface area contributed by atoms with Gasteiger partial charge >= 0.3 is 5.97 Å². The van der Waals surface area contributed by atoms with Gasteiger partial charge in [0.25, 0.3) is 0 Å². The number of benzene rings is 2. The summed E-state index contributed by atoms with van der Waals surface area (Å²) in [5.41, 5.74) is 3.04. The molecule has 0 saturated heterocycles. The number of hydrogen-bond donors (Lipinski definition) is 1. The van der Waals surface area contributed by atoms with Crippen LogP contribution in [0, 0.1) is 0 Å². The SMILES string of the molecule is COc1ccc(CC2=C(Cc3ccc(OC)cc3)C(O)OC2=O)cc1. The summed E-state index contributed by atoms with van der Waals surface area (Å²) in [6, 6.07) is 15.0. The van der Waals surface area contributed by atoms with Crippen LogP contribution in [0.5, 0.6) is 11.5 Å². The number of carbonyl (C=O) groups is 1. The van der Waals surface area contributed by atoms with Gasteiger partial charge in [-0.1, -0.05) is 24.3 Å². The smallest absolute Gasteiger partial charge is 0.337 e. The molecule has 130 valence electrons. The monoisotopic (exact) mass is 340 g/mol. The molecule has 2 aromatic carbocycles. The van der Waals surface area contributed by atoms with E-state index < -0.39 is 12.3 Å². The van der Waals surface area contributed by atoms with E-state index in [0.717, 1.165) is 22.6 Å². The number of methoxy groups -OCH3 is 2. The highest BCUT2D eigenvalue weighted by atomic mass is 16.6. The fourth-order valence-electron chi connectivity index (χ4n) is 2.81. The zero-order valence-corrected chi connectivity index (χ0v) is 14.2. The summed E-state index contributed by atoms with van der Waals surface area (Å²) in [4.78, 5) is 12.1. The van der Waals surface area contributed by atoms with Crippen LogP contribution in [0.2, 0.25) is 0 Å². The molecule has 2 aromatic rings. The molecule has 0 aromatic heterocycles. The summed E-state index contributed by atoms with van der Waals surface area (Å²) in [5.74, 6) is 1.05. The third-order valence-electron chi connectivity index (χ3n) is 4.24. The zero-order chi connectivity index (χ0) is 17.8. The highest BCUT2D eigenvalue weighted by Crippen LogP contribution is 2.28. The average Bonchev–Trinajstić information content (AvgIpc) is 2.90. The summed E-state index contributed by atoms with van der Waals surface area (Å²) in [6.45, 7) is 0. The second-order valence-corrected chi connectivity index (χ2v) is 5.81. The predicted molar refractivity (Wildman–Crippen MR) is 92.5 cm³/mol. The van der Waals surface area contributed by atoms with E-state index in [9.17, 15) is 9.90 Å². The number of rotatable bonds is 6. The van der Waals surface area contributed by atoms with Crippen LogP contribution in [-0.4, -0.2) is 31.6 Å². The van der Waals surface area contributed by atoms with E-state index in [-0.39, 0.29) is 0 Å². The molecule has 0 amide bonds. The van der Waals surface area contributed by atoms with Crippen LogP contribution < -0.4 is 9.47 Å². The van der Waals surface area contributed by atoms with Crippen molar-refractivity contribution in [3.05, 3.63) is 70.8 Å². The lowest BCUT2D eigenvalue weighted by atomic mass is 9.96. The van der Waals surface area contributed by atoms with Gasteiger partial charge in [0.2, 0.25) is 6.29 Å². The van der Waals surface area contributed by atoms with E-state index >= 15 is 0 Å². The van der Waals surface area contributed by atoms with Crippen molar-refractivity contribution in [2.75, 3.05) is 14.2 Å². The summed E-state index contributed by atoms with van der Waals surface area (Å²) in [6.07, 6.45) is -0.337. The molecule has 0 saturated carbocycles. The summed E-state index contributed by atoms with van der Waals surface area (Å²) >= 11 is 0. The number of ether oxygens (including phenoxy) is 3. The van der Waals surface area contributed by atoms with Crippen molar-refractivity contribution in [3.8, 4) is 11.5 Å². The lowest BCUT2D eigenvalue weighted by molar-refractivity contribution is -0.152. The molecule has 1 aliphatic rings. The Morgan fingerprint density at radius 3 is 1.84 bits per heavy atom. The minimum Gasteiger partial charge on any atom is -0.497 e. The Labute approximate surface area is 146 Å². The highest BCUT2D eigenvalue weighted by molar-refractivity contribution is 5.92. The molecule has 0 fully saturated rings. The van der Waals surface area contributed by atoms with Gasteiger partial charge in [0, 0.05) is 24.0 Å². The molecule has 3 rings (SSSR count). The van der Waals surface area contributed by atoms with Gasteiger partial charge in [0.1, 0.15) is 11.5 Å². The van der Waals surface area contributed by atoms with Crippen LogP contribution in [-0.2, 0) is 22.4 Å². The molecular weight excluding hydrogens is 320 g/mol. The molecule has 1 aliphatic heterocycles. The molecule has 0 spiro atoms. The Morgan fingerprint density at radius 2 is 1.36 bits per heavy atom. The lowest BCUT2D eigenvalue weighted by Crippen LogP contribution is -2.11. The van der Waals surface area contributed by atoms with E-state index in [1.807, 2.05) is 48.5 Å². The van der Waals surface area contributed by atoms with E-state index in [1.54, 1.807) is 14.2 Å². The Balaban J connectivity index is 1.84. The van der Waals surface area contributed by atoms with Gasteiger partial charge in [-0.3, -0.25) is 0 Å². The first-order chi connectivity index (χ1) is 12.1. The van der Waals surface area contributed by atoms with E-state index in [0.29, 0.717) is 24.0 Å². The molecule has 1 heterocycles. The molecule has 5 nitrogen and oxygen atoms in total. The highest BCUT2D eigenvalue weighted by Gasteiger charge is 2.32. The second kappa shape index (κ2) is 7.40. The van der Waals surface area contributed by atoms with Crippen LogP contribution >= 0.6 is 0 Å². The van der Waals surface area contributed by atoms with Crippen molar-refractivity contribution >= 4 is 5.97 Å². The predicted octanol–water partition coefficient (Wildman–Crippen LogP) is 2.66. The molecular formula is C20H20O5. The Hall–Kier alpha value is -2.79. The van der Waals surface area contributed by atoms with Crippen molar-refractivity contribution in [1.82, 2.24) is 0 Å². The van der Waals surface area contributed by atoms with Gasteiger partial charge in [-0.05, 0) is 35.4 Å². The van der Waals surface area contributed by atoms with Crippen molar-refractivity contribution in [3.63, 3.8) is 0 Å². The van der Waals surface area contributed by atoms with E-state index in [1.165, 1.54) is 0 Å². The maximum atomic E-state index is 12.1. The Kier molecular flexibility index (Phi) is 5.05. The Bertz CT molecular complexity index is 775. The number of hydrogen-bond acceptors (Lipinski definition) is 5. The number of aliphatic hydroxyl groups excluding tert-OH is 1. The first-order valence-corrected chi connectivity index (χ1v) is 7.97. The number of aliphatic hydroxyl groups is 1. The van der Waals surface area contributed by atoms with Crippen LogP contribution in [0.25, 0.3) is 0 Å².